The van der Waals surface area contributed by atoms with Crippen LogP contribution in [0.25, 0.3) is 0 Å². The van der Waals surface area contributed by atoms with Crippen LogP contribution >= 0.6 is 12.2 Å². The molecule has 0 heterocycles. The molecule has 1 unspecified atom stereocenters. The largest absolute Gasteiger partial charge is 0.389 e. The summed E-state index contributed by atoms with van der Waals surface area (Å²) in [7, 11) is 1.72. The zero-order valence-electron chi connectivity index (χ0n) is 12.3. The second-order valence-electron chi connectivity index (χ2n) is 4.83. The molecule has 0 amide bonds. The lowest BCUT2D eigenvalue weighted by atomic mass is 10.1. The summed E-state index contributed by atoms with van der Waals surface area (Å²) >= 11 is 5.17. The normalized spacial score (nSPS) is 12.2. The molecule has 1 aromatic rings. The number of ether oxygens (including phenoxy) is 1. The third-order valence-electron chi connectivity index (χ3n) is 3.39. The van der Waals surface area contributed by atoms with Crippen molar-refractivity contribution < 1.29 is 4.74 Å². The second-order valence-corrected chi connectivity index (χ2v) is 5.27. The number of nitrogens with zero attached hydrogens (tertiary/aromatic N) is 1. The van der Waals surface area contributed by atoms with Gasteiger partial charge >= 0.3 is 0 Å². The van der Waals surface area contributed by atoms with E-state index in [2.05, 4.69) is 31.7 Å². The van der Waals surface area contributed by atoms with Crippen molar-refractivity contribution in [2.45, 2.75) is 33.2 Å². The van der Waals surface area contributed by atoms with Gasteiger partial charge in [0.15, 0.2) is 0 Å². The molecule has 0 fully saturated rings. The highest BCUT2D eigenvalue weighted by molar-refractivity contribution is 7.80. The van der Waals surface area contributed by atoms with Gasteiger partial charge in [-0.3, -0.25) is 0 Å². The summed E-state index contributed by atoms with van der Waals surface area (Å²) in [5.41, 5.74) is 9.11. The molecule has 4 heteroatoms. The SMILES string of the molecule is CCC(C)N(CCOC)c1cc(C)ccc1C(N)=S. The van der Waals surface area contributed by atoms with Gasteiger partial charge in [-0.1, -0.05) is 25.2 Å². The Balaban J connectivity index is 3.19. The zero-order valence-corrected chi connectivity index (χ0v) is 13.1. The Morgan fingerprint density at radius 2 is 2.16 bits per heavy atom. The van der Waals surface area contributed by atoms with Crippen LogP contribution in [0.4, 0.5) is 5.69 Å². The van der Waals surface area contributed by atoms with Gasteiger partial charge < -0.3 is 15.4 Å². The molecular formula is C15H24N2OS. The van der Waals surface area contributed by atoms with Gasteiger partial charge in [0.1, 0.15) is 4.99 Å². The van der Waals surface area contributed by atoms with Gasteiger partial charge in [-0.05, 0) is 38.0 Å². The lowest BCUT2D eigenvalue weighted by Gasteiger charge is -2.32. The van der Waals surface area contributed by atoms with E-state index in [4.69, 9.17) is 22.7 Å². The van der Waals surface area contributed by atoms with Gasteiger partial charge in [-0.25, -0.2) is 0 Å². The van der Waals surface area contributed by atoms with E-state index in [1.165, 1.54) is 5.56 Å². The quantitative estimate of drug-likeness (QED) is 0.780. The monoisotopic (exact) mass is 280 g/mol. The first kappa shape index (κ1) is 15.9. The fraction of sp³-hybridized carbons (Fsp3) is 0.533. The fourth-order valence-electron chi connectivity index (χ4n) is 2.08. The zero-order chi connectivity index (χ0) is 14.4. The molecule has 1 rings (SSSR count). The van der Waals surface area contributed by atoms with Crippen LogP contribution in [-0.4, -0.2) is 31.3 Å². The van der Waals surface area contributed by atoms with Crippen molar-refractivity contribution in [1.29, 1.82) is 0 Å². The molecule has 1 aromatic carbocycles. The smallest absolute Gasteiger partial charge is 0.106 e. The topological polar surface area (TPSA) is 38.5 Å². The van der Waals surface area contributed by atoms with Crippen molar-refractivity contribution in [1.82, 2.24) is 0 Å². The summed E-state index contributed by atoms with van der Waals surface area (Å²) in [5.74, 6) is 0. The number of hydrogen-bond acceptors (Lipinski definition) is 3. The first-order valence-electron chi connectivity index (χ1n) is 6.67. The molecule has 0 aliphatic rings. The van der Waals surface area contributed by atoms with E-state index < -0.39 is 0 Å². The minimum atomic E-state index is 0.421. The lowest BCUT2D eigenvalue weighted by molar-refractivity contribution is 0.203. The maximum Gasteiger partial charge on any atom is 0.106 e. The maximum atomic E-state index is 5.85. The molecular weight excluding hydrogens is 256 g/mol. The molecule has 0 saturated heterocycles. The molecule has 3 nitrogen and oxygen atoms in total. The highest BCUT2D eigenvalue weighted by atomic mass is 32.1. The maximum absolute atomic E-state index is 5.85. The number of thiocarbonyl (C=S) groups is 1. The van der Waals surface area contributed by atoms with E-state index in [-0.39, 0.29) is 0 Å². The molecule has 106 valence electrons. The minimum absolute atomic E-state index is 0.421. The molecule has 1 atom stereocenters. The first-order chi connectivity index (χ1) is 9.01. The Kier molecular flexibility index (Phi) is 6.25. The molecule has 0 bridgehead atoms. The molecule has 0 aliphatic heterocycles. The molecule has 0 radical (unpaired) electrons. The van der Waals surface area contributed by atoms with Gasteiger partial charge in [-0.2, -0.15) is 0 Å². The van der Waals surface area contributed by atoms with Crippen LogP contribution in [0.3, 0.4) is 0 Å². The van der Waals surface area contributed by atoms with E-state index >= 15 is 0 Å². The molecule has 0 spiro atoms. The summed E-state index contributed by atoms with van der Waals surface area (Å²) in [6, 6.07) is 6.62. The summed E-state index contributed by atoms with van der Waals surface area (Å²) < 4.78 is 5.21. The van der Waals surface area contributed by atoms with Crippen LogP contribution in [0, 0.1) is 6.92 Å². The van der Waals surface area contributed by atoms with Crippen molar-refractivity contribution in [3.05, 3.63) is 29.3 Å². The van der Waals surface area contributed by atoms with Crippen LogP contribution in [-0.2, 0) is 4.74 Å². The number of rotatable bonds is 7. The third kappa shape index (κ3) is 4.18. The number of nitrogens with two attached hydrogens (primary N) is 1. The molecule has 0 aliphatic carbocycles. The number of benzene rings is 1. The molecule has 0 aromatic heterocycles. The highest BCUT2D eigenvalue weighted by Gasteiger charge is 2.17. The molecule has 19 heavy (non-hydrogen) atoms. The first-order valence-corrected chi connectivity index (χ1v) is 7.08. The Morgan fingerprint density at radius 3 is 2.68 bits per heavy atom. The number of methoxy groups -OCH3 is 1. The predicted molar refractivity (Wildman–Crippen MR) is 86.0 cm³/mol. The van der Waals surface area contributed by atoms with Crippen molar-refractivity contribution in [3.8, 4) is 0 Å². The summed E-state index contributed by atoms with van der Waals surface area (Å²) in [6.07, 6.45) is 1.06. The van der Waals surface area contributed by atoms with Gasteiger partial charge in [0.2, 0.25) is 0 Å². The number of hydrogen-bond donors (Lipinski definition) is 1. The van der Waals surface area contributed by atoms with Crippen LogP contribution in [0.1, 0.15) is 31.4 Å². The van der Waals surface area contributed by atoms with Crippen LogP contribution in [0.5, 0.6) is 0 Å². The Morgan fingerprint density at radius 1 is 1.47 bits per heavy atom. The van der Waals surface area contributed by atoms with E-state index in [1.807, 2.05) is 12.1 Å². The summed E-state index contributed by atoms with van der Waals surface area (Å²) in [4.78, 5) is 2.77. The van der Waals surface area contributed by atoms with Crippen molar-refractivity contribution in [2.24, 2.45) is 5.73 Å². The molecule has 2 N–H and O–H groups in total. The number of aryl methyl sites for hydroxylation is 1. The average Bonchev–Trinajstić information content (AvgIpc) is 2.38. The average molecular weight is 280 g/mol. The van der Waals surface area contributed by atoms with Gasteiger partial charge in [-0.15, -0.1) is 0 Å². The van der Waals surface area contributed by atoms with Crippen molar-refractivity contribution in [3.63, 3.8) is 0 Å². The Hall–Kier alpha value is -1.13. The van der Waals surface area contributed by atoms with Gasteiger partial charge in [0, 0.05) is 30.9 Å². The van der Waals surface area contributed by atoms with Gasteiger partial charge in [0.05, 0.1) is 6.61 Å². The standard InChI is InChI=1S/C15H24N2OS/c1-5-12(3)17(8-9-18-4)14-10-11(2)6-7-13(14)15(16)19/h6-7,10,12H,5,8-9H2,1-4H3,(H2,16,19). The fourth-order valence-corrected chi connectivity index (χ4v) is 2.25. The van der Waals surface area contributed by atoms with Crippen molar-refractivity contribution in [2.75, 3.05) is 25.2 Å². The van der Waals surface area contributed by atoms with Crippen LogP contribution in [0.2, 0.25) is 0 Å². The van der Waals surface area contributed by atoms with Crippen molar-refractivity contribution >= 4 is 22.9 Å². The third-order valence-corrected chi connectivity index (χ3v) is 3.61. The van der Waals surface area contributed by atoms with Crippen LogP contribution < -0.4 is 10.6 Å². The summed E-state index contributed by atoms with van der Waals surface area (Å²) in [5, 5.41) is 0. The minimum Gasteiger partial charge on any atom is -0.389 e. The second kappa shape index (κ2) is 7.46. The van der Waals surface area contributed by atoms with Gasteiger partial charge in [0.25, 0.3) is 0 Å². The van der Waals surface area contributed by atoms with E-state index in [0.29, 0.717) is 17.6 Å². The molecule has 0 saturated carbocycles. The Labute approximate surface area is 121 Å². The lowest BCUT2D eigenvalue weighted by Crippen LogP contribution is -2.37. The predicted octanol–water partition coefficient (Wildman–Crippen LogP) is 2.88. The van der Waals surface area contributed by atoms with E-state index in [9.17, 15) is 0 Å². The highest BCUT2D eigenvalue weighted by Crippen LogP contribution is 2.25. The van der Waals surface area contributed by atoms with E-state index in [1.54, 1.807) is 7.11 Å². The summed E-state index contributed by atoms with van der Waals surface area (Å²) in [6.45, 7) is 8.00. The Bertz CT molecular complexity index is 434. The van der Waals surface area contributed by atoms with E-state index in [0.717, 1.165) is 24.2 Å². The van der Waals surface area contributed by atoms with Crippen LogP contribution in [0.15, 0.2) is 18.2 Å². The number of anilines is 1.